The van der Waals surface area contributed by atoms with Crippen molar-refractivity contribution >= 4 is 5.97 Å². The van der Waals surface area contributed by atoms with Crippen molar-refractivity contribution in [2.75, 3.05) is 6.54 Å². The fraction of sp³-hybridized carbons (Fsp3) is 0.444. The molecule has 0 radical (unpaired) electrons. The van der Waals surface area contributed by atoms with Gasteiger partial charge in [0.1, 0.15) is 5.67 Å². The van der Waals surface area contributed by atoms with E-state index in [0.717, 1.165) is 17.0 Å². The number of carboxylic acid groups (broad SMARTS) is 1. The average molecular weight is 331 g/mol. The number of hydrogen-bond donors (Lipinski definition) is 3. The van der Waals surface area contributed by atoms with E-state index in [0.29, 0.717) is 32.2 Å². The Morgan fingerprint density at radius 2 is 2.04 bits per heavy atom. The van der Waals surface area contributed by atoms with Crippen molar-refractivity contribution in [2.24, 2.45) is 5.92 Å². The lowest BCUT2D eigenvalue weighted by atomic mass is 9.80. The highest BCUT2D eigenvalue weighted by atomic mass is 19.1. The number of aliphatic carboxylic acids is 1. The van der Waals surface area contributed by atoms with E-state index in [-0.39, 0.29) is 6.54 Å². The Kier molecular flexibility index (Phi) is 4.94. The summed E-state index contributed by atoms with van der Waals surface area (Å²) in [6.07, 6.45) is 1.43. The van der Waals surface area contributed by atoms with Gasteiger partial charge in [-0.3, -0.25) is 9.89 Å². The molecule has 0 aliphatic heterocycles. The number of carboxylic acids is 1. The van der Waals surface area contributed by atoms with Crippen LogP contribution in [0.1, 0.15) is 31.4 Å². The molecule has 1 aliphatic rings. The number of nitrogens with zero attached hydrogens (tertiary/aromatic N) is 1. The van der Waals surface area contributed by atoms with Gasteiger partial charge in [-0.05, 0) is 31.7 Å². The molecule has 6 heteroatoms. The van der Waals surface area contributed by atoms with E-state index >= 15 is 0 Å². The van der Waals surface area contributed by atoms with Crippen molar-refractivity contribution in [1.82, 2.24) is 15.5 Å². The number of rotatable bonds is 6. The van der Waals surface area contributed by atoms with Gasteiger partial charge in [0.05, 0.1) is 11.6 Å². The van der Waals surface area contributed by atoms with Crippen LogP contribution in [0.25, 0.3) is 11.3 Å². The third-order valence-electron chi connectivity index (χ3n) is 4.69. The summed E-state index contributed by atoms with van der Waals surface area (Å²) in [5.41, 5.74) is 1.49. The molecule has 0 amide bonds. The number of hydrogen-bond acceptors (Lipinski definition) is 3. The zero-order chi connectivity index (χ0) is 17.0. The van der Waals surface area contributed by atoms with E-state index in [1.54, 1.807) is 0 Å². The maximum Gasteiger partial charge on any atom is 0.306 e. The molecule has 1 aromatic heterocycles. The monoisotopic (exact) mass is 331 g/mol. The quantitative estimate of drug-likeness (QED) is 0.760. The summed E-state index contributed by atoms with van der Waals surface area (Å²) in [5.74, 6) is -1.20. The Labute approximate surface area is 140 Å². The molecule has 1 fully saturated rings. The van der Waals surface area contributed by atoms with Crippen LogP contribution in [-0.2, 0) is 11.3 Å². The number of aromatic nitrogens is 2. The number of halogens is 1. The van der Waals surface area contributed by atoms with Crippen LogP contribution in [-0.4, -0.2) is 33.5 Å². The fourth-order valence-electron chi connectivity index (χ4n) is 3.19. The molecule has 0 spiro atoms. The third kappa shape index (κ3) is 4.00. The van der Waals surface area contributed by atoms with E-state index in [4.69, 9.17) is 5.11 Å². The molecule has 1 aromatic carbocycles. The van der Waals surface area contributed by atoms with Gasteiger partial charge in [-0.2, -0.15) is 5.10 Å². The van der Waals surface area contributed by atoms with E-state index < -0.39 is 17.6 Å². The molecule has 1 saturated carbocycles. The molecule has 0 bridgehead atoms. The lowest BCUT2D eigenvalue weighted by Crippen LogP contribution is -2.40. The second kappa shape index (κ2) is 7.13. The summed E-state index contributed by atoms with van der Waals surface area (Å²) in [4.78, 5) is 10.9. The summed E-state index contributed by atoms with van der Waals surface area (Å²) >= 11 is 0. The van der Waals surface area contributed by atoms with Crippen LogP contribution in [0.15, 0.2) is 36.4 Å². The van der Waals surface area contributed by atoms with Crippen LogP contribution in [0.5, 0.6) is 0 Å². The average Bonchev–Trinajstić information content (AvgIpc) is 3.05. The van der Waals surface area contributed by atoms with Gasteiger partial charge in [-0.1, -0.05) is 30.3 Å². The van der Waals surface area contributed by atoms with Crippen LogP contribution in [0.4, 0.5) is 4.39 Å². The maximum atomic E-state index is 14.7. The first kappa shape index (κ1) is 16.6. The fourth-order valence-corrected chi connectivity index (χ4v) is 3.19. The van der Waals surface area contributed by atoms with Gasteiger partial charge in [0, 0.05) is 24.3 Å². The van der Waals surface area contributed by atoms with Crippen molar-refractivity contribution in [2.45, 2.75) is 37.9 Å². The number of H-pyrrole nitrogens is 1. The molecule has 3 N–H and O–H groups in total. The number of nitrogens with one attached hydrogen (secondary N) is 2. The lowest BCUT2D eigenvalue weighted by molar-refractivity contribution is -0.143. The van der Waals surface area contributed by atoms with Crippen LogP contribution in [0, 0.1) is 5.92 Å². The van der Waals surface area contributed by atoms with E-state index in [1.165, 1.54) is 0 Å². The SMILES string of the molecule is O=C(O)C1CCC(F)(CNCc2cc(-c3ccccc3)n[nH]2)CC1. The molecular weight excluding hydrogens is 309 g/mol. The van der Waals surface area contributed by atoms with E-state index in [2.05, 4.69) is 15.5 Å². The Morgan fingerprint density at radius 3 is 2.71 bits per heavy atom. The lowest BCUT2D eigenvalue weighted by Gasteiger charge is -2.32. The smallest absolute Gasteiger partial charge is 0.306 e. The number of carbonyl (C=O) groups is 1. The minimum atomic E-state index is -1.31. The second-order valence-corrected chi connectivity index (χ2v) is 6.51. The van der Waals surface area contributed by atoms with Gasteiger partial charge in [0.15, 0.2) is 0 Å². The molecule has 0 unspecified atom stereocenters. The van der Waals surface area contributed by atoms with Gasteiger partial charge < -0.3 is 10.4 Å². The summed E-state index contributed by atoms with van der Waals surface area (Å²) in [6.45, 7) is 0.743. The number of benzene rings is 1. The third-order valence-corrected chi connectivity index (χ3v) is 4.69. The molecular formula is C18H22FN3O2. The molecule has 0 saturated heterocycles. The van der Waals surface area contributed by atoms with Gasteiger partial charge in [0.25, 0.3) is 0 Å². The van der Waals surface area contributed by atoms with E-state index in [1.807, 2.05) is 36.4 Å². The highest BCUT2D eigenvalue weighted by Crippen LogP contribution is 2.34. The van der Waals surface area contributed by atoms with Crippen molar-refractivity contribution in [3.63, 3.8) is 0 Å². The Bertz CT molecular complexity index is 679. The predicted octanol–water partition coefficient (Wildman–Crippen LogP) is 3.15. The highest BCUT2D eigenvalue weighted by Gasteiger charge is 2.37. The van der Waals surface area contributed by atoms with E-state index in [9.17, 15) is 9.18 Å². The van der Waals surface area contributed by atoms with Gasteiger partial charge in [0.2, 0.25) is 0 Å². The molecule has 3 rings (SSSR count). The molecule has 1 heterocycles. The van der Waals surface area contributed by atoms with Crippen LogP contribution in [0.2, 0.25) is 0 Å². The Morgan fingerprint density at radius 1 is 1.33 bits per heavy atom. The first-order valence-corrected chi connectivity index (χ1v) is 8.28. The van der Waals surface area contributed by atoms with Crippen LogP contribution < -0.4 is 5.32 Å². The van der Waals surface area contributed by atoms with Crippen LogP contribution in [0.3, 0.4) is 0 Å². The number of aromatic amines is 1. The molecule has 5 nitrogen and oxygen atoms in total. The molecule has 24 heavy (non-hydrogen) atoms. The summed E-state index contributed by atoms with van der Waals surface area (Å²) in [5, 5.41) is 19.3. The van der Waals surface area contributed by atoms with Gasteiger partial charge >= 0.3 is 5.97 Å². The first-order valence-electron chi connectivity index (χ1n) is 8.28. The van der Waals surface area contributed by atoms with Gasteiger partial charge in [-0.15, -0.1) is 0 Å². The van der Waals surface area contributed by atoms with Crippen molar-refractivity contribution < 1.29 is 14.3 Å². The highest BCUT2D eigenvalue weighted by molar-refractivity contribution is 5.70. The second-order valence-electron chi connectivity index (χ2n) is 6.51. The molecule has 0 atom stereocenters. The first-order chi connectivity index (χ1) is 11.6. The van der Waals surface area contributed by atoms with Crippen molar-refractivity contribution in [3.8, 4) is 11.3 Å². The minimum absolute atomic E-state index is 0.235. The van der Waals surface area contributed by atoms with Crippen LogP contribution >= 0.6 is 0 Å². The predicted molar refractivity (Wildman–Crippen MR) is 89.2 cm³/mol. The van der Waals surface area contributed by atoms with Crippen molar-refractivity contribution in [1.29, 1.82) is 0 Å². The molecule has 128 valence electrons. The topological polar surface area (TPSA) is 78.0 Å². The normalized spacial score (nSPS) is 24.0. The standard InChI is InChI=1S/C18H22FN3O2/c19-18(8-6-14(7-9-18)17(23)24)12-20-11-15-10-16(22-21-15)13-4-2-1-3-5-13/h1-5,10,14,20H,6-9,11-12H2,(H,21,22)(H,23,24). The largest absolute Gasteiger partial charge is 0.481 e. The molecule has 2 aromatic rings. The minimum Gasteiger partial charge on any atom is -0.481 e. The summed E-state index contributed by atoms with van der Waals surface area (Å²) < 4.78 is 14.7. The number of alkyl halides is 1. The Balaban J connectivity index is 1.49. The molecule has 1 aliphatic carbocycles. The zero-order valence-corrected chi connectivity index (χ0v) is 13.5. The van der Waals surface area contributed by atoms with Gasteiger partial charge in [-0.25, -0.2) is 4.39 Å². The zero-order valence-electron chi connectivity index (χ0n) is 13.5. The summed E-state index contributed by atoms with van der Waals surface area (Å²) in [7, 11) is 0. The Hall–Kier alpha value is -2.21. The maximum absolute atomic E-state index is 14.7. The van der Waals surface area contributed by atoms with Crippen molar-refractivity contribution in [3.05, 3.63) is 42.1 Å². The summed E-state index contributed by atoms with van der Waals surface area (Å²) in [6, 6.07) is 11.8.